The summed E-state index contributed by atoms with van der Waals surface area (Å²) < 4.78 is 17.1. The van der Waals surface area contributed by atoms with Gasteiger partial charge < -0.3 is 24.6 Å². The smallest absolute Gasteiger partial charge is 0.496 e. The van der Waals surface area contributed by atoms with Crippen molar-refractivity contribution in [1.29, 1.82) is 0 Å². The number of rotatable bonds is 4. The Labute approximate surface area is 198 Å². The van der Waals surface area contributed by atoms with Gasteiger partial charge in [-0.3, -0.25) is 0 Å². The van der Waals surface area contributed by atoms with Crippen molar-refractivity contribution in [3.8, 4) is 22.6 Å². The van der Waals surface area contributed by atoms with E-state index in [1.807, 2.05) is 42.5 Å². The first-order chi connectivity index (χ1) is 16.3. The van der Waals surface area contributed by atoms with Gasteiger partial charge in [-0.05, 0) is 67.3 Å². The lowest BCUT2D eigenvalue weighted by Crippen LogP contribution is -2.32. The van der Waals surface area contributed by atoms with E-state index in [1.165, 1.54) is 5.57 Å². The van der Waals surface area contributed by atoms with Gasteiger partial charge in [0.1, 0.15) is 18.1 Å². The second-order valence-electron chi connectivity index (χ2n) is 9.25. The molecule has 174 valence electrons. The number of carboxylic acid groups (broad SMARTS) is 1. The van der Waals surface area contributed by atoms with Crippen LogP contribution in [-0.2, 0) is 11.3 Å². The number of ether oxygens (including phenoxy) is 3. The molecule has 2 N–H and O–H groups in total. The number of nitrogens with one attached hydrogen (secondary N) is 1. The zero-order chi connectivity index (χ0) is 24.0. The van der Waals surface area contributed by atoms with Gasteiger partial charge in [-0.2, -0.15) is 0 Å². The fraction of sp³-hybridized carbons (Fsp3) is 0.250. The summed E-state index contributed by atoms with van der Waals surface area (Å²) in [5.74, 6) is 1.50. The van der Waals surface area contributed by atoms with E-state index in [9.17, 15) is 4.79 Å². The largest absolute Gasteiger partial charge is 0.506 e. The summed E-state index contributed by atoms with van der Waals surface area (Å²) in [7, 11) is 1.67. The van der Waals surface area contributed by atoms with Gasteiger partial charge in [0.2, 0.25) is 0 Å². The van der Waals surface area contributed by atoms with Crippen molar-refractivity contribution >= 4 is 17.4 Å². The summed E-state index contributed by atoms with van der Waals surface area (Å²) in [6.07, 6.45) is 0.552. The van der Waals surface area contributed by atoms with E-state index >= 15 is 0 Å². The predicted molar refractivity (Wildman–Crippen MR) is 132 cm³/mol. The van der Waals surface area contributed by atoms with E-state index in [4.69, 9.17) is 19.3 Å². The number of anilines is 1. The summed E-state index contributed by atoms with van der Waals surface area (Å²) in [6, 6.07) is 17.8. The Morgan fingerprint density at radius 2 is 1.91 bits per heavy atom. The Kier molecular flexibility index (Phi) is 5.24. The Morgan fingerprint density at radius 1 is 1.12 bits per heavy atom. The molecule has 0 spiro atoms. The maximum absolute atomic E-state index is 10.9. The number of carbonyl (C=O) groups is 1. The molecule has 2 heterocycles. The van der Waals surface area contributed by atoms with Crippen LogP contribution in [0.5, 0.6) is 11.5 Å². The maximum atomic E-state index is 10.9. The van der Waals surface area contributed by atoms with Crippen LogP contribution in [0.2, 0.25) is 0 Å². The number of allylic oxidation sites excluding steroid dienone is 1. The molecule has 0 saturated heterocycles. The molecule has 0 fully saturated rings. The Hall–Kier alpha value is -3.93. The van der Waals surface area contributed by atoms with Crippen LogP contribution in [0, 0.1) is 0 Å². The highest BCUT2D eigenvalue weighted by molar-refractivity contribution is 5.91. The predicted octanol–water partition coefficient (Wildman–Crippen LogP) is 6.65. The standard InChI is InChI=1S/C28H27NO5/c1-16-14-28(2,3)29-20-12-11-19-24-21(32-4)9-6-10-22(24)34-26(25(19)23(16)20)18-8-5-7-17(13-18)15-33-27(30)31/h5-14,26,29H,15H2,1-4H3,(H,30,31). The van der Waals surface area contributed by atoms with Gasteiger partial charge in [0.15, 0.2) is 6.10 Å². The SMILES string of the molecule is COc1cccc2c1-c1ccc3c(c1C(c1cccc(COC(=O)O)c1)O2)C(C)=CC(C)(C)N3. The Balaban J connectivity index is 1.73. The third-order valence-corrected chi connectivity index (χ3v) is 6.27. The van der Waals surface area contributed by atoms with Gasteiger partial charge in [-0.1, -0.05) is 36.4 Å². The van der Waals surface area contributed by atoms with E-state index in [0.717, 1.165) is 50.6 Å². The number of hydrogen-bond acceptors (Lipinski definition) is 5. The lowest BCUT2D eigenvalue weighted by atomic mass is 9.80. The van der Waals surface area contributed by atoms with E-state index in [1.54, 1.807) is 7.11 Å². The quantitative estimate of drug-likeness (QED) is 0.427. The lowest BCUT2D eigenvalue weighted by molar-refractivity contribution is 0.0853. The summed E-state index contributed by atoms with van der Waals surface area (Å²) in [6.45, 7) is 6.41. The molecule has 2 aliphatic rings. The van der Waals surface area contributed by atoms with Crippen molar-refractivity contribution in [2.45, 2.75) is 39.0 Å². The van der Waals surface area contributed by atoms with Crippen molar-refractivity contribution in [3.05, 3.63) is 82.9 Å². The van der Waals surface area contributed by atoms with E-state index < -0.39 is 6.16 Å². The van der Waals surface area contributed by atoms with Crippen molar-refractivity contribution in [1.82, 2.24) is 0 Å². The molecule has 3 aromatic carbocycles. The van der Waals surface area contributed by atoms with Gasteiger partial charge in [0.25, 0.3) is 0 Å². The second-order valence-corrected chi connectivity index (χ2v) is 9.25. The van der Waals surface area contributed by atoms with Gasteiger partial charge in [0.05, 0.1) is 18.2 Å². The highest BCUT2D eigenvalue weighted by Gasteiger charge is 2.35. The summed E-state index contributed by atoms with van der Waals surface area (Å²) in [4.78, 5) is 10.9. The van der Waals surface area contributed by atoms with E-state index in [-0.39, 0.29) is 18.2 Å². The topological polar surface area (TPSA) is 77.0 Å². The molecule has 0 aliphatic carbocycles. The van der Waals surface area contributed by atoms with Gasteiger partial charge in [0, 0.05) is 16.8 Å². The molecule has 34 heavy (non-hydrogen) atoms. The van der Waals surface area contributed by atoms with Crippen LogP contribution >= 0.6 is 0 Å². The molecule has 2 aliphatic heterocycles. The molecule has 3 aromatic rings. The lowest BCUT2D eigenvalue weighted by Gasteiger charge is -2.37. The minimum atomic E-state index is -1.30. The maximum Gasteiger partial charge on any atom is 0.506 e. The molecule has 1 unspecified atom stereocenters. The highest BCUT2D eigenvalue weighted by atomic mass is 16.7. The van der Waals surface area contributed by atoms with Crippen LogP contribution in [-0.4, -0.2) is 23.9 Å². The zero-order valence-electron chi connectivity index (χ0n) is 19.6. The minimum Gasteiger partial charge on any atom is -0.496 e. The summed E-state index contributed by atoms with van der Waals surface area (Å²) >= 11 is 0. The fourth-order valence-electron chi connectivity index (χ4n) is 5.09. The second kappa shape index (κ2) is 8.13. The molecular weight excluding hydrogens is 430 g/mol. The molecule has 5 rings (SSSR count). The Morgan fingerprint density at radius 3 is 2.68 bits per heavy atom. The van der Waals surface area contributed by atoms with E-state index in [2.05, 4.69) is 44.3 Å². The van der Waals surface area contributed by atoms with E-state index in [0.29, 0.717) is 0 Å². The third kappa shape index (κ3) is 3.75. The minimum absolute atomic E-state index is 0.0191. The first kappa shape index (κ1) is 21.9. The van der Waals surface area contributed by atoms with Crippen molar-refractivity contribution in [2.75, 3.05) is 12.4 Å². The molecule has 0 saturated carbocycles. The van der Waals surface area contributed by atoms with Gasteiger partial charge in [-0.15, -0.1) is 0 Å². The number of methoxy groups -OCH3 is 1. The normalized spacial score (nSPS) is 17.2. The molecule has 0 aromatic heterocycles. The van der Waals surface area contributed by atoms with Gasteiger partial charge in [-0.25, -0.2) is 4.79 Å². The molecule has 6 nitrogen and oxygen atoms in total. The van der Waals surface area contributed by atoms with Gasteiger partial charge >= 0.3 is 6.16 Å². The summed E-state index contributed by atoms with van der Waals surface area (Å²) in [5, 5.41) is 12.6. The average Bonchev–Trinajstić information content (AvgIpc) is 2.80. The van der Waals surface area contributed by atoms with Crippen LogP contribution in [0.3, 0.4) is 0 Å². The Bertz CT molecular complexity index is 1320. The number of benzene rings is 3. The average molecular weight is 458 g/mol. The molecule has 1 atom stereocenters. The van der Waals surface area contributed by atoms with Crippen LogP contribution in [0.1, 0.15) is 49.1 Å². The van der Waals surface area contributed by atoms with Crippen molar-refractivity contribution < 1.29 is 24.1 Å². The number of fused-ring (bicyclic) bond motifs is 5. The number of hydrogen-bond donors (Lipinski definition) is 2. The zero-order valence-corrected chi connectivity index (χ0v) is 19.6. The van der Waals surface area contributed by atoms with Crippen LogP contribution in [0.15, 0.2) is 60.7 Å². The van der Waals surface area contributed by atoms with Crippen LogP contribution < -0.4 is 14.8 Å². The highest BCUT2D eigenvalue weighted by Crippen LogP contribution is 2.53. The molecule has 0 bridgehead atoms. The van der Waals surface area contributed by atoms with Crippen molar-refractivity contribution in [2.24, 2.45) is 0 Å². The first-order valence-electron chi connectivity index (χ1n) is 11.2. The van der Waals surface area contributed by atoms with Crippen LogP contribution in [0.4, 0.5) is 10.5 Å². The molecular formula is C28H27NO5. The molecule has 6 heteroatoms. The van der Waals surface area contributed by atoms with Crippen molar-refractivity contribution in [3.63, 3.8) is 0 Å². The first-order valence-corrected chi connectivity index (χ1v) is 11.2. The van der Waals surface area contributed by atoms with Crippen LogP contribution in [0.25, 0.3) is 16.7 Å². The summed E-state index contributed by atoms with van der Waals surface area (Å²) in [5.41, 5.74) is 7.91. The monoisotopic (exact) mass is 457 g/mol. The third-order valence-electron chi connectivity index (χ3n) is 6.27. The fourth-order valence-corrected chi connectivity index (χ4v) is 5.09. The molecule has 0 amide bonds. The molecule has 0 radical (unpaired) electrons.